The van der Waals surface area contributed by atoms with Crippen LogP contribution >= 0.6 is 0 Å². The fraction of sp³-hybridized carbons (Fsp3) is 0.632. The molecule has 2 nitrogen and oxygen atoms in total. The lowest BCUT2D eigenvalue weighted by atomic mass is 9.84. The Labute approximate surface area is 129 Å². The lowest BCUT2D eigenvalue weighted by Crippen LogP contribution is -2.12. The summed E-state index contributed by atoms with van der Waals surface area (Å²) in [6.45, 7) is 7.42. The van der Waals surface area contributed by atoms with Crippen molar-refractivity contribution in [3.8, 4) is 11.8 Å². The summed E-state index contributed by atoms with van der Waals surface area (Å²) in [6, 6.07) is 8.86. The Morgan fingerprint density at radius 2 is 1.95 bits per heavy atom. The fourth-order valence-electron chi connectivity index (χ4n) is 3.04. The minimum atomic E-state index is 0.173. The smallest absolute Gasteiger partial charge is 0.122 e. The molecule has 0 saturated heterocycles. The maximum Gasteiger partial charge on any atom is 0.122 e. The van der Waals surface area contributed by atoms with E-state index < -0.39 is 0 Å². The molecule has 1 saturated carbocycles. The summed E-state index contributed by atoms with van der Waals surface area (Å²) >= 11 is 0. The van der Waals surface area contributed by atoms with E-state index in [4.69, 9.17) is 10.00 Å². The van der Waals surface area contributed by atoms with Crippen LogP contribution in [-0.2, 0) is 5.41 Å². The quantitative estimate of drug-likeness (QED) is 0.685. The first kappa shape index (κ1) is 15.9. The zero-order valence-electron chi connectivity index (χ0n) is 13.6. The van der Waals surface area contributed by atoms with Crippen molar-refractivity contribution in [1.82, 2.24) is 0 Å². The number of benzene rings is 1. The molecule has 0 bridgehead atoms. The molecule has 0 unspecified atom stereocenters. The maximum absolute atomic E-state index is 8.61. The van der Waals surface area contributed by atoms with Gasteiger partial charge in [0.25, 0.3) is 0 Å². The summed E-state index contributed by atoms with van der Waals surface area (Å²) in [6.07, 6.45) is 6.60. The molecule has 1 fully saturated rings. The van der Waals surface area contributed by atoms with E-state index in [2.05, 4.69) is 45.0 Å². The Balaban J connectivity index is 2.20. The first-order valence-corrected chi connectivity index (χ1v) is 8.16. The molecule has 1 aliphatic carbocycles. The molecule has 0 N–H and O–H groups in total. The summed E-state index contributed by atoms with van der Waals surface area (Å²) in [5.41, 5.74) is 2.94. The third-order valence-electron chi connectivity index (χ3n) is 4.36. The number of rotatable bonds is 5. The van der Waals surface area contributed by atoms with E-state index in [1.807, 2.05) is 0 Å². The first-order chi connectivity index (χ1) is 10.0. The topological polar surface area (TPSA) is 33.0 Å². The number of nitrogens with zero attached hydrogens (tertiary/aromatic N) is 1. The first-order valence-electron chi connectivity index (χ1n) is 8.16. The average Bonchev–Trinajstić information content (AvgIpc) is 2.96. The molecule has 114 valence electrons. The average molecular weight is 285 g/mol. The van der Waals surface area contributed by atoms with Gasteiger partial charge in [0, 0.05) is 6.42 Å². The van der Waals surface area contributed by atoms with Crippen molar-refractivity contribution in [2.45, 2.75) is 70.6 Å². The molecular weight excluding hydrogens is 258 g/mol. The van der Waals surface area contributed by atoms with Crippen LogP contribution in [0, 0.1) is 11.3 Å². The van der Waals surface area contributed by atoms with E-state index in [9.17, 15) is 0 Å². The lowest BCUT2D eigenvalue weighted by molar-refractivity contribution is 0.307. The van der Waals surface area contributed by atoms with Gasteiger partial charge in [-0.2, -0.15) is 5.26 Å². The summed E-state index contributed by atoms with van der Waals surface area (Å²) < 4.78 is 5.97. The van der Waals surface area contributed by atoms with E-state index in [0.29, 0.717) is 18.9 Å². The van der Waals surface area contributed by atoms with E-state index in [-0.39, 0.29) is 5.41 Å². The van der Waals surface area contributed by atoms with E-state index in [1.54, 1.807) is 0 Å². The van der Waals surface area contributed by atoms with Gasteiger partial charge < -0.3 is 4.74 Å². The third-order valence-corrected chi connectivity index (χ3v) is 4.36. The second-order valence-electron chi connectivity index (χ2n) is 7.09. The molecule has 0 aliphatic heterocycles. The minimum Gasteiger partial charge on any atom is -0.493 e. The largest absolute Gasteiger partial charge is 0.493 e. The Bertz CT molecular complexity index is 501. The molecule has 0 heterocycles. The van der Waals surface area contributed by atoms with Crippen molar-refractivity contribution in [2.75, 3.05) is 6.61 Å². The molecule has 0 amide bonds. The van der Waals surface area contributed by atoms with Gasteiger partial charge in [-0.1, -0.05) is 45.7 Å². The normalized spacial score (nSPS) is 15.9. The van der Waals surface area contributed by atoms with Crippen LogP contribution in [0.15, 0.2) is 18.2 Å². The molecule has 1 aliphatic rings. The Morgan fingerprint density at radius 3 is 2.57 bits per heavy atom. The molecular formula is C19H27NO. The molecule has 0 spiro atoms. The maximum atomic E-state index is 8.61. The number of nitriles is 1. The van der Waals surface area contributed by atoms with Crippen molar-refractivity contribution in [2.24, 2.45) is 0 Å². The van der Waals surface area contributed by atoms with Gasteiger partial charge in [0.1, 0.15) is 5.75 Å². The SMILES string of the molecule is CC(C)(C)c1ccc(OCCCC#N)c(C2CCCC2)c1. The van der Waals surface area contributed by atoms with Crippen LogP contribution in [0.2, 0.25) is 0 Å². The van der Waals surface area contributed by atoms with E-state index >= 15 is 0 Å². The fourth-order valence-corrected chi connectivity index (χ4v) is 3.04. The van der Waals surface area contributed by atoms with Gasteiger partial charge in [0.05, 0.1) is 12.7 Å². The van der Waals surface area contributed by atoms with Crippen LogP contribution < -0.4 is 4.74 Å². The van der Waals surface area contributed by atoms with Crippen LogP contribution in [0.25, 0.3) is 0 Å². The molecule has 0 aromatic heterocycles. The number of hydrogen-bond donors (Lipinski definition) is 0. The van der Waals surface area contributed by atoms with Crippen LogP contribution in [0.1, 0.15) is 76.3 Å². The van der Waals surface area contributed by atoms with Crippen LogP contribution in [0.3, 0.4) is 0 Å². The molecule has 0 radical (unpaired) electrons. The zero-order chi connectivity index (χ0) is 15.3. The highest BCUT2D eigenvalue weighted by Gasteiger charge is 2.23. The van der Waals surface area contributed by atoms with E-state index in [0.717, 1.165) is 12.2 Å². The predicted octanol–water partition coefficient (Wildman–Crippen LogP) is 5.32. The van der Waals surface area contributed by atoms with Crippen LogP contribution in [0.5, 0.6) is 5.75 Å². The molecule has 1 aromatic carbocycles. The van der Waals surface area contributed by atoms with Crippen LogP contribution in [-0.4, -0.2) is 6.61 Å². The van der Waals surface area contributed by atoms with Gasteiger partial charge in [-0.05, 0) is 47.8 Å². The van der Waals surface area contributed by atoms with Crippen molar-refractivity contribution < 1.29 is 4.74 Å². The number of hydrogen-bond acceptors (Lipinski definition) is 2. The van der Waals surface area contributed by atoms with Crippen molar-refractivity contribution in [1.29, 1.82) is 5.26 Å². The van der Waals surface area contributed by atoms with Crippen molar-refractivity contribution >= 4 is 0 Å². The highest BCUT2D eigenvalue weighted by atomic mass is 16.5. The zero-order valence-corrected chi connectivity index (χ0v) is 13.6. The summed E-state index contributed by atoms with van der Waals surface area (Å²) in [5.74, 6) is 1.69. The highest BCUT2D eigenvalue weighted by Crippen LogP contribution is 2.40. The summed E-state index contributed by atoms with van der Waals surface area (Å²) in [4.78, 5) is 0. The van der Waals surface area contributed by atoms with Crippen molar-refractivity contribution in [3.63, 3.8) is 0 Å². The Morgan fingerprint density at radius 1 is 1.24 bits per heavy atom. The molecule has 2 heteroatoms. The van der Waals surface area contributed by atoms with Gasteiger partial charge in [-0.25, -0.2) is 0 Å². The second-order valence-corrected chi connectivity index (χ2v) is 7.09. The monoisotopic (exact) mass is 285 g/mol. The van der Waals surface area contributed by atoms with Crippen molar-refractivity contribution in [3.05, 3.63) is 29.3 Å². The molecule has 0 atom stereocenters. The van der Waals surface area contributed by atoms with E-state index in [1.165, 1.54) is 36.8 Å². The predicted molar refractivity (Wildman–Crippen MR) is 86.7 cm³/mol. The van der Waals surface area contributed by atoms with Gasteiger partial charge in [0.2, 0.25) is 0 Å². The van der Waals surface area contributed by atoms with Gasteiger partial charge in [-0.15, -0.1) is 0 Å². The van der Waals surface area contributed by atoms with Gasteiger partial charge in [-0.3, -0.25) is 0 Å². The Kier molecular flexibility index (Phi) is 5.28. The lowest BCUT2D eigenvalue weighted by Gasteiger charge is -2.23. The molecule has 21 heavy (non-hydrogen) atoms. The molecule has 2 rings (SSSR count). The highest BCUT2D eigenvalue weighted by molar-refractivity contribution is 5.42. The van der Waals surface area contributed by atoms with Gasteiger partial charge in [0.15, 0.2) is 0 Å². The standard InChI is InChI=1S/C19H27NO/c1-19(2,3)16-10-11-18(21-13-7-6-12-20)17(14-16)15-8-4-5-9-15/h10-11,14-15H,4-9,13H2,1-3H3. The Hall–Kier alpha value is -1.49. The molecule has 1 aromatic rings. The second kappa shape index (κ2) is 6.98. The summed E-state index contributed by atoms with van der Waals surface area (Å²) in [7, 11) is 0. The van der Waals surface area contributed by atoms with Crippen LogP contribution in [0.4, 0.5) is 0 Å². The minimum absolute atomic E-state index is 0.173. The number of unbranched alkanes of at least 4 members (excludes halogenated alkanes) is 1. The number of ether oxygens (including phenoxy) is 1. The third kappa shape index (κ3) is 4.24. The summed E-state index contributed by atoms with van der Waals surface area (Å²) in [5, 5.41) is 8.61. The van der Waals surface area contributed by atoms with Gasteiger partial charge >= 0.3 is 0 Å².